The lowest BCUT2D eigenvalue weighted by molar-refractivity contribution is 0.0600. The Labute approximate surface area is 168 Å². The summed E-state index contributed by atoms with van der Waals surface area (Å²) in [5.41, 5.74) is 4.05. The predicted octanol–water partition coefficient (Wildman–Crippen LogP) is 5.33. The summed E-state index contributed by atoms with van der Waals surface area (Å²) in [5.74, 6) is 0.250. The van der Waals surface area contributed by atoms with Crippen LogP contribution in [-0.4, -0.2) is 19.0 Å². The fourth-order valence-electron chi connectivity index (χ4n) is 2.56. The quantitative estimate of drug-likeness (QED) is 0.456. The van der Waals surface area contributed by atoms with Gasteiger partial charge in [-0.05, 0) is 61.0 Å². The number of benzene rings is 3. The van der Waals surface area contributed by atoms with Crippen molar-refractivity contribution in [2.45, 2.75) is 17.6 Å². The fourth-order valence-corrected chi connectivity index (χ4v) is 3.42. The van der Waals surface area contributed by atoms with Crippen molar-refractivity contribution in [2.75, 3.05) is 12.4 Å². The predicted molar refractivity (Wildman–Crippen MR) is 113 cm³/mol. The number of hydrogen-bond donors (Lipinski definition) is 1. The Balaban J connectivity index is 1.57. The number of rotatable bonds is 6. The van der Waals surface area contributed by atoms with Gasteiger partial charge in [-0.15, -0.1) is 11.8 Å². The molecule has 0 unspecified atom stereocenters. The molecule has 3 aromatic carbocycles. The zero-order valence-electron chi connectivity index (χ0n) is 15.8. The molecule has 0 heterocycles. The first-order valence-corrected chi connectivity index (χ1v) is 9.82. The third kappa shape index (κ3) is 5.24. The van der Waals surface area contributed by atoms with Gasteiger partial charge in [-0.3, -0.25) is 4.79 Å². The lowest BCUT2D eigenvalue weighted by Crippen LogP contribution is -2.12. The SMILES string of the molecule is COC(=O)c1ccc(NC(=O)c2ccc(CSc3ccc(C)cc3)cc2)cc1. The summed E-state index contributed by atoms with van der Waals surface area (Å²) in [7, 11) is 1.33. The van der Waals surface area contributed by atoms with E-state index in [0.717, 1.165) is 11.3 Å². The van der Waals surface area contributed by atoms with Gasteiger partial charge in [0.05, 0.1) is 12.7 Å². The highest BCUT2D eigenvalue weighted by Crippen LogP contribution is 2.23. The molecule has 1 N–H and O–H groups in total. The molecule has 142 valence electrons. The van der Waals surface area contributed by atoms with Crippen molar-refractivity contribution in [3.05, 3.63) is 95.1 Å². The van der Waals surface area contributed by atoms with E-state index in [1.54, 1.807) is 36.0 Å². The van der Waals surface area contributed by atoms with E-state index in [9.17, 15) is 9.59 Å². The van der Waals surface area contributed by atoms with Crippen molar-refractivity contribution in [1.82, 2.24) is 0 Å². The van der Waals surface area contributed by atoms with E-state index in [1.165, 1.54) is 17.6 Å². The Bertz CT molecular complexity index is 949. The Kier molecular flexibility index (Phi) is 6.50. The van der Waals surface area contributed by atoms with Crippen molar-refractivity contribution in [1.29, 1.82) is 0 Å². The second kappa shape index (κ2) is 9.24. The van der Waals surface area contributed by atoms with Crippen LogP contribution in [0.2, 0.25) is 0 Å². The molecule has 0 aliphatic carbocycles. The summed E-state index contributed by atoms with van der Waals surface area (Å²) in [5, 5.41) is 2.83. The average Bonchev–Trinajstić information content (AvgIpc) is 2.73. The second-order valence-corrected chi connectivity index (χ2v) is 7.37. The molecule has 0 aliphatic rings. The monoisotopic (exact) mass is 391 g/mol. The molecule has 5 heteroatoms. The molecule has 0 saturated heterocycles. The highest BCUT2D eigenvalue weighted by molar-refractivity contribution is 7.98. The summed E-state index contributed by atoms with van der Waals surface area (Å²) >= 11 is 1.77. The molecule has 28 heavy (non-hydrogen) atoms. The number of carbonyl (C=O) groups is 2. The highest BCUT2D eigenvalue weighted by Gasteiger charge is 2.08. The maximum absolute atomic E-state index is 12.4. The minimum Gasteiger partial charge on any atom is -0.465 e. The lowest BCUT2D eigenvalue weighted by Gasteiger charge is -2.07. The van der Waals surface area contributed by atoms with Crippen molar-refractivity contribution >= 4 is 29.3 Å². The summed E-state index contributed by atoms with van der Waals surface area (Å²) in [6.45, 7) is 2.08. The van der Waals surface area contributed by atoms with Crippen LogP contribution in [0.3, 0.4) is 0 Å². The Morgan fingerprint density at radius 2 is 1.46 bits per heavy atom. The van der Waals surface area contributed by atoms with Gasteiger partial charge in [-0.25, -0.2) is 4.79 Å². The first-order chi connectivity index (χ1) is 13.5. The fraction of sp³-hybridized carbons (Fsp3) is 0.130. The van der Waals surface area contributed by atoms with Crippen LogP contribution in [0.5, 0.6) is 0 Å². The normalized spacial score (nSPS) is 10.4. The van der Waals surface area contributed by atoms with Gasteiger partial charge in [-0.1, -0.05) is 29.8 Å². The number of thioether (sulfide) groups is 1. The van der Waals surface area contributed by atoms with Crippen LogP contribution < -0.4 is 5.32 Å². The van der Waals surface area contributed by atoms with Gasteiger partial charge in [-0.2, -0.15) is 0 Å². The van der Waals surface area contributed by atoms with Crippen LogP contribution in [0.15, 0.2) is 77.7 Å². The van der Waals surface area contributed by atoms with Gasteiger partial charge < -0.3 is 10.1 Å². The van der Waals surface area contributed by atoms with E-state index in [0.29, 0.717) is 16.8 Å². The van der Waals surface area contributed by atoms with Gasteiger partial charge >= 0.3 is 5.97 Å². The van der Waals surface area contributed by atoms with Crippen molar-refractivity contribution in [3.63, 3.8) is 0 Å². The van der Waals surface area contributed by atoms with E-state index in [2.05, 4.69) is 41.2 Å². The average molecular weight is 391 g/mol. The topological polar surface area (TPSA) is 55.4 Å². The molecule has 0 aliphatic heterocycles. The maximum Gasteiger partial charge on any atom is 0.337 e. The van der Waals surface area contributed by atoms with E-state index in [4.69, 9.17) is 0 Å². The third-order valence-electron chi connectivity index (χ3n) is 4.21. The first-order valence-electron chi connectivity index (χ1n) is 8.83. The molecular weight excluding hydrogens is 370 g/mol. The Hall–Kier alpha value is -3.05. The van der Waals surface area contributed by atoms with E-state index in [1.807, 2.05) is 24.3 Å². The molecule has 1 amide bonds. The Morgan fingerprint density at radius 3 is 2.07 bits per heavy atom. The Morgan fingerprint density at radius 1 is 0.857 bits per heavy atom. The van der Waals surface area contributed by atoms with Gasteiger partial charge in [0.25, 0.3) is 5.91 Å². The van der Waals surface area contributed by atoms with Crippen molar-refractivity contribution < 1.29 is 14.3 Å². The van der Waals surface area contributed by atoms with Gasteiger partial charge in [0.2, 0.25) is 0 Å². The van der Waals surface area contributed by atoms with Gasteiger partial charge in [0, 0.05) is 21.9 Å². The van der Waals surface area contributed by atoms with E-state index >= 15 is 0 Å². The number of ether oxygens (including phenoxy) is 1. The molecule has 3 rings (SSSR count). The summed E-state index contributed by atoms with van der Waals surface area (Å²) < 4.78 is 4.66. The number of nitrogens with one attached hydrogen (secondary N) is 1. The zero-order chi connectivity index (χ0) is 19.9. The van der Waals surface area contributed by atoms with Crippen LogP contribution in [0, 0.1) is 6.92 Å². The van der Waals surface area contributed by atoms with Gasteiger partial charge in [0.15, 0.2) is 0 Å². The smallest absolute Gasteiger partial charge is 0.337 e. The number of methoxy groups -OCH3 is 1. The molecule has 3 aromatic rings. The minimum absolute atomic E-state index is 0.191. The van der Waals surface area contributed by atoms with Crippen LogP contribution in [0.4, 0.5) is 5.69 Å². The number of aryl methyl sites for hydroxylation is 1. The lowest BCUT2D eigenvalue weighted by atomic mass is 10.1. The van der Waals surface area contributed by atoms with E-state index in [-0.39, 0.29) is 5.91 Å². The highest BCUT2D eigenvalue weighted by atomic mass is 32.2. The number of anilines is 1. The van der Waals surface area contributed by atoms with Crippen LogP contribution in [0.1, 0.15) is 31.8 Å². The van der Waals surface area contributed by atoms with Gasteiger partial charge in [0.1, 0.15) is 0 Å². The number of hydrogen-bond acceptors (Lipinski definition) is 4. The van der Waals surface area contributed by atoms with Crippen LogP contribution in [0.25, 0.3) is 0 Å². The number of esters is 1. The molecule has 0 spiro atoms. The maximum atomic E-state index is 12.4. The first kappa shape index (κ1) is 19.7. The molecular formula is C23H21NO3S. The molecule has 4 nitrogen and oxygen atoms in total. The summed E-state index contributed by atoms with van der Waals surface area (Å²) in [4.78, 5) is 25.1. The second-order valence-electron chi connectivity index (χ2n) is 6.32. The minimum atomic E-state index is -0.406. The zero-order valence-corrected chi connectivity index (χ0v) is 16.6. The molecule has 0 fully saturated rings. The van der Waals surface area contributed by atoms with Crippen LogP contribution in [-0.2, 0) is 10.5 Å². The third-order valence-corrected chi connectivity index (χ3v) is 5.29. The largest absolute Gasteiger partial charge is 0.465 e. The van der Waals surface area contributed by atoms with E-state index < -0.39 is 5.97 Å². The molecule has 0 atom stereocenters. The summed E-state index contributed by atoms with van der Waals surface area (Å²) in [6, 6.07) is 22.6. The van der Waals surface area contributed by atoms with Crippen molar-refractivity contribution in [2.24, 2.45) is 0 Å². The molecule has 0 aromatic heterocycles. The standard InChI is InChI=1S/C23H21NO3S/c1-16-3-13-21(14-4-16)28-15-17-5-7-18(8-6-17)22(25)24-20-11-9-19(10-12-20)23(26)27-2/h3-14H,15H2,1-2H3,(H,24,25). The molecule has 0 bridgehead atoms. The van der Waals surface area contributed by atoms with Crippen molar-refractivity contribution in [3.8, 4) is 0 Å². The van der Waals surface area contributed by atoms with Crippen LogP contribution >= 0.6 is 11.8 Å². The molecule has 0 saturated carbocycles. The number of carbonyl (C=O) groups excluding carboxylic acids is 2. The number of amides is 1. The summed E-state index contributed by atoms with van der Waals surface area (Å²) in [6.07, 6.45) is 0. The molecule has 0 radical (unpaired) electrons.